The molecule has 0 aliphatic heterocycles. The Kier molecular flexibility index (Phi) is 14.5. The quantitative estimate of drug-likeness (QED) is 0.215. The monoisotopic (exact) mass is 419 g/mol. The summed E-state index contributed by atoms with van der Waals surface area (Å²) < 4.78 is 31.3. The Morgan fingerprint density at radius 2 is 1.52 bits per heavy atom. The Bertz CT molecular complexity index is 413. The summed E-state index contributed by atoms with van der Waals surface area (Å²) >= 11 is 0. The van der Waals surface area contributed by atoms with E-state index in [-0.39, 0.29) is 31.5 Å². The number of aliphatic hydroxyl groups is 1. The Hall–Kier alpha value is -0.750. The number of unbranched alkanes of at least 4 members (excludes halogenated alkanes) is 10. The molecule has 0 radical (unpaired) electrons. The highest BCUT2D eigenvalue weighted by Gasteiger charge is 2.47. The Morgan fingerprint density at radius 1 is 0.931 bits per heavy atom. The van der Waals surface area contributed by atoms with Crippen molar-refractivity contribution in [2.75, 3.05) is 26.3 Å². The second-order valence-corrected chi connectivity index (χ2v) is 8.54. The van der Waals surface area contributed by atoms with Gasteiger partial charge in [-0.25, -0.2) is 8.78 Å². The molecule has 0 heterocycles. The summed E-state index contributed by atoms with van der Waals surface area (Å²) in [5, 5.41) is 9.11. The van der Waals surface area contributed by atoms with E-state index in [9.17, 15) is 13.6 Å². The SMILES string of the molecule is CCCCCCCCCCCOC(=O)CCCCCN(CCO)C1CC(F)(F)C1. The normalized spacial score (nSPS) is 16.2. The first kappa shape index (κ1) is 26.3. The van der Waals surface area contributed by atoms with E-state index in [2.05, 4.69) is 6.92 Å². The highest BCUT2D eigenvalue weighted by molar-refractivity contribution is 5.69. The lowest BCUT2D eigenvalue weighted by atomic mass is 9.86. The average Bonchev–Trinajstić information content (AvgIpc) is 2.66. The minimum Gasteiger partial charge on any atom is -0.466 e. The highest BCUT2D eigenvalue weighted by atomic mass is 19.3. The first-order valence-electron chi connectivity index (χ1n) is 11.9. The molecule has 1 N–H and O–H groups in total. The minimum atomic E-state index is -2.53. The van der Waals surface area contributed by atoms with Crippen molar-refractivity contribution in [1.82, 2.24) is 4.90 Å². The molecule has 0 aromatic rings. The number of hydrogen-bond acceptors (Lipinski definition) is 4. The van der Waals surface area contributed by atoms with E-state index in [1.54, 1.807) is 0 Å². The van der Waals surface area contributed by atoms with Gasteiger partial charge in [-0.1, -0.05) is 64.7 Å². The summed E-state index contributed by atoms with van der Waals surface area (Å²) in [5.41, 5.74) is 0. The minimum absolute atomic E-state index is 0.00669. The lowest BCUT2D eigenvalue weighted by Crippen LogP contribution is -2.51. The molecule has 4 nitrogen and oxygen atoms in total. The number of aliphatic hydroxyl groups excluding tert-OH is 1. The van der Waals surface area contributed by atoms with E-state index in [4.69, 9.17) is 9.84 Å². The predicted molar refractivity (Wildman–Crippen MR) is 113 cm³/mol. The van der Waals surface area contributed by atoms with E-state index >= 15 is 0 Å². The third-order valence-corrected chi connectivity index (χ3v) is 5.81. The standard InChI is InChI=1S/C23H43F2NO3/c1-2-3-4-5-6-7-8-9-13-18-29-22(28)14-11-10-12-15-26(16-17-27)21-19-23(24,25)20-21/h21,27H,2-20H2,1H3. The van der Waals surface area contributed by atoms with Crippen LogP contribution in [0.2, 0.25) is 0 Å². The molecule has 1 fully saturated rings. The molecule has 6 heteroatoms. The molecule has 1 saturated carbocycles. The van der Waals surface area contributed by atoms with Gasteiger partial charge in [-0.2, -0.15) is 0 Å². The van der Waals surface area contributed by atoms with Gasteiger partial charge < -0.3 is 9.84 Å². The topological polar surface area (TPSA) is 49.8 Å². The van der Waals surface area contributed by atoms with Gasteiger partial charge in [0.2, 0.25) is 0 Å². The summed E-state index contributed by atoms with van der Waals surface area (Å²) in [7, 11) is 0. The molecular weight excluding hydrogens is 376 g/mol. The molecule has 172 valence electrons. The van der Waals surface area contributed by atoms with Crippen LogP contribution < -0.4 is 0 Å². The van der Waals surface area contributed by atoms with Crippen LogP contribution in [0.25, 0.3) is 0 Å². The second-order valence-electron chi connectivity index (χ2n) is 8.54. The third-order valence-electron chi connectivity index (χ3n) is 5.81. The zero-order chi connectivity index (χ0) is 21.4. The Labute approximate surface area is 176 Å². The number of nitrogens with zero attached hydrogens (tertiary/aromatic N) is 1. The van der Waals surface area contributed by atoms with Crippen LogP contribution in [-0.4, -0.2) is 54.2 Å². The summed E-state index contributed by atoms with van der Waals surface area (Å²) in [5.74, 6) is -2.66. The fraction of sp³-hybridized carbons (Fsp3) is 0.957. The highest BCUT2D eigenvalue weighted by Crippen LogP contribution is 2.40. The second kappa shape index (κ2) is 16.0. The number of alkyl halides is 2. The summed E-state index contributed by atoms with van der Waals surface area (Å²) in [6.07, 6.45) is 13.9. The van der Waals surface area contributed by atoms with Gasteiger partial charge in [0.05, 0.1) is 13.2 Å². The summed E-state index contributed by atoms with van der Waals surface area (Å²) in [6, 6.07) is -0.113. The van der Waals surface area contributed by atoms with Crippen molar-refractivity contribution >= 4 is 5.97 Å². The molecule has 1 aliphatic rings. The Morgan fingerprint density at radius 3 is 2.10 bits per heavy atom. The first-order valence-corrected chi connectivity index (χ1v) is 11.9. The van der Waals surface area contributed by atoms with E-state index in [0.717, 1.165) is 32.1 Å². The van der Waals surface area contributed by atoms with Crippen molar-refractivity contribution in [1.29, 1.82) is 0 Å². The van der Waals surface area contributed by atoms with Crippen molar-refractivity contribution in [2.24, 2.45) is 0 Å². The van der Waals surface area contributed by atoms with Gasteiger partial charge in [-0.05, 0) is 25.8 Å². The van der Waals surface area contributed by atoms with Gasteiger partial charge in [0, 0.05) is 31.8 Å². The van der Waals surface area contributed by atoms with Gasteiger partial charge in [0.15, 0.2) is 0 Å². The lowest BCUT2D eigenvalue weighted by Gasteiger charge is -2.42. The van der Waals surface area contributed by atoms with Gasteiger partial charge in [0.1, 0.15) is 0 Å². The maximum absolute atomic E-state index is 13.0. The predicted octanol–water partition coefficient (Wildman–Crippen LogP) is 5.71. The molecule has 0 aromatic heterocycles. The van der Waals surface area contributed by atoms with Crippen LogP contribution in [0.5, 0.6) is 0 Å². The summed E-state index contributed by atoms with van der Waals surface area (Å²) in [4.78, 5) is 13.7. The van der Waals surface area contributed by atoms with Crippen LogP contribution in [-0.2, 0) is 9.53 Å². The first-order chi connectivity index (χ1) is 14.0. The van der Waals surface area contributed by atoms with Crippen LogP contribution in [0.15, 0.2) is 0 Å². The molecule has 0 bridgehead atoms. The van der Waals surface area contributed by atoms with Crippen molar-refractivity contribution in [3.8, 4) is 0 Å². The average molecular weight is 420 g/mol. The van der Waals surface area contributed by atoms with Crippen molar-refractivity contribution in [3.63, 3.8) is 0 Å². The number of ether oxygens (including phenoxy) is 1. The maximum Gasteiger partial charge on any atom is 0.305 e. The molecular formula is C23H43F2NO3. The maximum atomic E-state index is 13.0. The molecule has 1 aliphatic carbocycles. The number of carbonyl (C=O) groups is 1. The van der Waals surface area contributed by atoms with Gasteiger partial charge >= 0.3 is 5.97 Å². The smallest absolute Gasteiger partial charge is 0.305 e. The molecule has 0 spiro atoms. The van der Waals surface area contributed by atoms with Gasteiger partial charge in [-0.15, -0.1) is 0 Å². The van der Waals surface area contributed by atoms with Crippen molar-refractivity contribution < 1.29 is 23.4 Å². The molecule has 0 unspecified atom stereocenters. The zero-order valence-electron chi connectivity index (χ0n) is 18.5. The van der Waals surface area contributed by atoms with Crippen LogP contribution in [0.3, 0.4) is 0 Å². The molecule has 0 atom stereocenters. The van der Waals surface area contributed by atoms with E-state index in [0.29, 0.717) is 26.1 Å². The molecule has 0 aromatic carbocycles. The summed E-state index contributed by atoms with van der Waals surface area (Å²) in [6.45, 7) is 3.90. The molecule has 0 saturated heterocycles. The number of esters is 1. The van der Waals surface area contributed by atoms with E-state index in [1.807, 2.05) is 4.90 Å². The van der Waals surface area contributed by atoms with Gasteiger partial charge in [0.25, 0.3) is 5.92 Å². The van der Waals surface area contributed by atoms with Crippen LogP contribution in [0, 0.1) is 0 Å². The third kappa shape index (κ3) is 13.2. The number of hydrogen-bond donors (Lipinski definition) is 1. The molecule has 0 amide bonds. The van der Waals surface area contributed by atoms with Crippen molar-refractivity contribution in [2.45, 2.75) is 115 Å². The van der Waals surface area contributed by atoms with Gasteiger partial charge in [-0.3, -0.25) is 9.69 Å². The van der Waals surface area contributed by atoms with Crippen LogP contribution in [0.4, 0.5) is 8.78 Å². The Balaban J connectivity index is 1.91. The fourth-order valence-corrected chi connectivity index (χ4v) is 3.93. The molecule has 1 rings (SSSR count). The largest absolute Gasteiger partial charge is 0.466 e. The van der Waals surface area contributed by atoms with Crippen molar-refractivity contribution in [3.05, 3.63) is 0 Å². The van der Waals surface area contributed by atoms with E-state index < -0.39 is 5.92 Å². The zero-order valence-corrected chi connectivity index (χ0v) is 18.5. The van der Waals surface area contributed by atoms with E-state index in [1.165, 1.54) is 44.9 Å². The van der Waals surface area contributed by atoms with Crippen LogP contribution in [0.1, 0.15) is 103 Å². The number of rotatable bonds is 19. The van der Waals surface area contributed by atoms with Crippen LogP contribution >= 0.6 is 0 Å². The number of halogens is 2. The molecule has 29 heavy (non-hydrogen) atoms. The number of carbonyl (C=O) groups excluding carboxylic acids is 1. The fourth-order valence-electron chi connectivity index (χ4n) is 3.93. The lowest BCUT2D eigenvalue weighted by molar-refractivity contribution is -0.144.